The number of aromatic nitrogens is 2. The number of nitrogens with zero attached hydrogens (tertiary/aromatic N) is 3. The van der Waals surface area contributed by atoms with Crippen molar-refractivity contribution < 1.29 is 4.79 Å². The lowest BCUT2D eigenvalue weighted by Gasteiger charge is -2.34. The average Bonchev–Trinajstić information content (AvgIpc) is 3.02. The molecule has 1 aliphatic carbocycles. The first-order valence-corrected chi connectivity index (χ1v) is 11.6. The maximum absolute atomic E-state index is 13.2. The minimum Gasteiger partial charge on any atom is -0.356 e. The molecule has 0 spiro atoms. The lowest BCUT2D eigenvalue weighted by Crippen LogP contribution is -2.43. The van der Waals surface area contributed by atoms with E-state index in [0.717, 1.165) is 51.8 Å². The van der Waals surface area contributed by atoms with Crippen molar-refractivity contribution in [1.29, 1.82) is 0 Å². The Balaban J connectivity index is 1.66. The minimum absolute atomic E-state index is 0.0636. The van der Waals surface area contributed by atoms with Gasteiger partial charge in [-0.2, -0.15) is 0 Å². The third-order valence-electron chi connectivity index (χ3n) is 6.77. The zero-order valence-electron chi connectivity index (χ0n) is 17.5. The number of amides is 1. The molecule has 2 fully saturated rings. The molecule has 3 heterocycles. The first-order valence-electron chi connectivity index (χ1n) is 10.8. The molecule has 6 heteroatoms. The molecule has 0 radical (unpaired) electrons. The molecule has 1 saturated heterocycles. The van der Waals surface area contributed by atoms with E-state index in [-0.39, 0.29) is 11.9 Å². The van der Waals surface area contributed by atoms with Gasteiger partial charge in [0.05, 0.1) is 10.3 Å². The van der Waals surface area contributed by atoms with Crippen LogP contribution in [0.5, 0.6) is 0 Å². The molecule has 2 aromatic heterocycles. The number of carbonyl (C=O) groups excluding carboxylic acids is 1. The Labute approximate surface area is 171 Å². The van der Waals surface area contributed by atoms with Crippen LogP contribution >= 0.6 is 11.3 Å². The lowest BCUT2D eigenvalue weighted by atomic mass is 9.78. The number of piperidine rings is 1. The van der Waals surface area contributed by atoms with Gasteiger partial charge in [-0.1, -0.05) is 26.7 Å². The Morgan fingerprint density at radius 3 is 2.57 bits per heavy atom. The van der Waals surface area contributed by atoms with Crippen LogP contribution in [-0.4, -0.2) is 35.0 Å². The third kappa shape index (κ3) is 3.63. The van der Waals surface area contributed by atoms with Crippen molar-refractivity contribution in [3.8, 4) is 0 Å². The van der Waals surface area contributed by atoms with Gasteiger partial charge >= 0.3 is 0 Å². The van der Waals surface area contributed by atoms with E-state index >= 15 is 0 Å². The molecule has 28 heavy (non-hydrogen) atoms. The Kier molecular flexibility index (Phi) is 5.59. The largest absolute Gasteiger partial charge is 0.356 e. The summed E-state index contributed by atoms with van der Waals surface area (Å²) in [4.78, 5) is 26.8. The predicted octanol–water partition coefficient (Wildman–Crippen LogP) is 4.85. The van der Waals surface area contributed by atoms with Gasteiger partial charge in [0.1, 0.15) is 16.5 Å². The van der Waals surface area contributed by atoms with Gasteiger partial charge in [-0.05, 0) is 56.9 Å². The fourth-order valence-electron chi connectivity index (χ4n) is 4.79. The second-order valence-electron chi connectivity index (χ2n) is 8.73. The van der Waals surface area contributed by atoms with Gasteiger partial charge < -0.3 is 10.2 Å². The summed E-state index contributed by atoms with van der Waals surface area (Å²) in [6.07, 6.45) is 7.25. The SMILES string of the molecule is Cc1nc(N2CCCCC2)c2c(C)c(C(=O)N[C@@H]3CCC[C@@H](C)[C@H]3C)sc2n1. The molecule has 2 aliphatic rings. The van der Waals surface area contributed by atoms with Crippen LogP contribution in [0.2, 0.25) is 0 Å². The standard InChI is InChI=1S/C22H32N4OS/c1-13-9-8-10-17(14(13)2)25-21(27)19-15(3)18-20(26-11-6-5-7-12-26)23-16(4)24-22(18)28-19/h13-14,17H,5-12H2,1-4H3,(H,25,27)/t13-,14-,17-/m1/s1. The summed E-state index contributed by atoms with van der Waals surface area (Å²) >= 11 is 1.53. The molecule has 1 N–H and O–H groups in total. The van der Waals surface area contributed by atoms with Crippen LogP contribution in [0.1, 0.15) is 73.4 Å². The predicted molar refractivity (Wildman–Crippen MR) is 116 cm³/mol. The Morgan fingerprint density at radius 1 is 1.07 bits per heavy atom. The van der Waals surface area contributed by atoms with Crippen LogP contribution in [0, 0.1) is 25.7 Å². The molecule has 1 amide bonds. The van der Waals surface area contributed by atoms with E-state index in [1.165, 1.54) is 43.4 Å². The number of fused-ring (bicyclic) bond motifs is 1. The van der Waals surface area contributed by atoms with Crippen molar-refractivity contribution in [2.45, 2.75) is 72.3 Å². The number of hydrogen-bond donors (Lipinski definition) is 1. The molecule has 1 saturated carbocycles. The van der Waals surface area contributed by atoms with Crippen molar-refractivity contribution in [2.75, 3.05) is 18.0 Å². The van der Waals surface area contributed by atoms with Crippen LogP contribution in [0.15, 0.2) is 0 Å². The maximum atomic E-state index is 13.2. The number of aryl methyl sites for hydroxylation is 2. The number of carbonyl (C=O) groups is 1. The number of thiophene rings is 1. The summed E-state index contributed by atoms with van der Waals surface area (Å²) < 4.78 is 0. The number of nitrogens with one attached hydrogen (secondary N) is 1. The molecular formula is C22H32N4OS. The van der Waals surface area contributed by atoms with E-state index in [2.05, 4.69) is 36.0 Å². The van der Waals surface area contributed by atoms with E-state index in [1.807, 2.05) is 6.92 Å². The Morgan fingerprint density at radius 2 is 1.82 bits per heavy atom. The summed E-state index contributed by atoms with van der Waals surface area (Å²) in [7, 11) is 0. The number of hydrogen-bond acceptors (Lipinski definition) is 5. The van der Waals surface area contributed by atoms with Crippen molar-refractivity contribution in [2.24, 2.45) is 11.8 Å². The molecule has 3 atom stereocenters. The Bertz CT molecular complexity index is 871. The minimum atomic E-state index is 0.0636. The summed E-state index contributed by atoms with van der Waals surface area (Å²) in [6.45, 7) is 10.7. The smallest absolute Gasteiger partial charge is 0.261 e. The number of rotatable bonds is 3. The van der Waals surface area contributed by atoms with Gasteiger partial charge in [-0.15, -0.1) is 11.3 Å². The van der Waals surface area contributed by atoms with E-state index in [4.69, 9.17) is 4.98 Å². The highest BCUT2D eigenvalue weighted by Crippen LogP contribution is 2.37. The van der Waals surface area contributed by atoms with Crippen LogP contribution in [-0.2, 0) is 0 Å². The van der Waals surface area contributed by atoms with E-state index in [1.54, 1.807) is 0 Å². The first-order chi connectivity index (χ1) is 13.5. The molecular weight excluding hydrogens is 368 g/mol. The average molecular weight is 401 g/mol. The van der Waals surface area contributed by atoms with Crippen molar-refractivity contribution >= 4 is 33.3 Å². The van der Waals surface area contributed by atoms with Crippen LogP contribution in [0.25, 0.3) is 10.2 Å². The molecule has 0 unspecified atom stereocenters. The molecule has 4 rings (SSSR count). The highest BCUT2D eigenvalue weighted by atomic mass is 32.1. The monoisotopic (exact) mass is 400 g/mol. The first kappa shape index (κ1) is 19.6. The lowest BCUT2D eigenvalue weighted by molar-refractivity contribution is 0.0895. The molecule has 0 bridgehead atoms. The molecule has 1 aliphatic heterocycles. The number of anilines is 1. The van der Waals surface area contributed by atoms with Crippen LogP contribution < -0.4 is 10.2 Å². The van der Waals surface area contributed by atoms with Crippen molar-refractivity contribution in [3.05, 3.63) is 16.3 Å². The van der Waals surface area contributed by atoms with Gasteiger partial charge in [0, 0.05) is 19.1 Å². The van der Waals surface area contributed by atoms with Crippen LogP contribution in [0.4, 0.5) is 5.82 Å². The topological polar surface area (TPSA) is 58.1 Å². The summed E-state index contributed by atoms with van der Waals surface area (Å²) in [5.74, 6) is 3.07. The fraction of sp³-hybridized carbons (Fsp3) is 0.682. The third-order valence-corrected chi connectivity index (χ3v) is 7.95. The van der Waals surface area contributed by atoms with E-state index in [9.17, 15) is 4.79 Å². The molecule has 5 nitrogen and oxygen atoms in total. The molecule has 152 valence electrons. The van der Waals surface area contributed by atoms with Crippen LogP contribution in [0.3, 0.4) is 0 Å². The summed E-state index contributed by atoms with van der Waals surface area (Å²) in [5, 5.41) is 4.42. The van der Waals surface area contributed by atoms with Gasteiger partial charge in [0.15, 0.2) is 0 Å². The highest BCUT2D eigenvalue weighted by molar-refractivity contribution is 7.20. The van der Waals surface area contributed by atoms with Gasteiger partial charge in [0.2, 0.25) is 0 Å². The maximum Gasteiger partial charge on any atom is 0.261 e. The zero-order valence-corrected chi connectivity index (χ0v) is 18.4. The quantitative estimate of drug-likeness (QED) is 0.800. The van der Waals surface area contributed by atoms with Gasteiger partial charge in [-0.3, -0.25) is 4.79 Å². The Hall–Kier alpha value is -1.69. The second kappa shape index (κ2) is 7.97. The van der Waals surface area contributed by atoms with E-state index < -0.39 is 0 Å². The van der Waals surface area contributed by atoms with Gasteiger partial charge in [-0.25, -0.2) is 9.97 Å². The second-order valence-corrected chi connectivity index (χ2v) is 9.72. The highest BCUT2D eigenvalue weighted by Gasteiger charge is 2.30. The van der Waals surface area contributed by atoms with Crippen molar-refractivity contribution in [1.82, 2.24) is 15.3 Å². The zero-order chi connectivity index (χ0) is 19.8. The van der Waals surface area contributed by atoms with Gasteiger partial charge in [0.25, 0.3) is 5.91 Å². The fourth-order valence-corrected chi connectivity index (χ4v) is 5.92. The molecule has 0 aromatic carbocycles. The summed E-state index contributed by atoms with van der Waals surface area (Å²) in [6, 6.07) is 0.273. The summed E-state index contributed by atoms with van der Waals surface area (Å²) in [5.41, 5.74) is 1.04. The van der Waals surface area contributed by atoms with Crippen molar-refractivity contribution in [3.63, 3.8) is 0 Å². The normalized spacial score (nSPS) is 25.9. The molecule has 2 aromatic rings. The van der Waals surface area contributed by atoms with E-state index in [0.29, 0.717) is 11.8 Å².